The van der Waals surface area contributed by atoms with Crippen LogP contribution in [0.5, 0.6) is 0 Å². The van der Waals surface area contributed by atoms with E-state index in [2.05, 4.69) is 17.6 Å². The van der Waals surface area contributed by atoms with Crippen molar-refractivity contribution < 1.29 is 23.9 Å². The first kappa shape index (κ1) is 23.6. The third-order valence-electron chi connectivity index (χ3n) is 6.40. The van der Waals surface area contributed by atoms with Gasteiger partial charge in [0, 0.05) is 25.5 Å². The first-order valence-electron chi connectivity index (χ1n) is 11.1. The predicted molar refractivity (Wildman–Crippen MR) is 120 cm³/mol. The highest BCUT2D eigenvalue weighted by molar-refractivity contribution is 6.08. The van der Waals surface area contributed by atoms with Crippen LogP contribution < -0.4 is 15.5 Å². The number of nitrogens with zero attached hydrogens (tertiary/aromatic N) is 2. The second-order valence-electron chi connectivity index (χ2n) is 8.82. The molecule has 174 valence electrons. The Morgan fingerprint density at radius 1 is 1.22 bits per heavy atom. The number of urea groups is 1. The van der Waals surface area contributed by atoms with Gasteiger partial charge in [0.15, 0.2) is 6.10 Å². The van der Waals surface area contributed by atoms with Crippen LogP contribution in [0.2, 0.25) is 0 Å². The van der Waals surface area contributed by atoms with E-state index >= 15 is 0 Å². The van der Waals surface area contributed by atoms with Crippen molar-refractivity contribution in [2.45, 2.75) is 57.6 Å². The van der Waals surface area contributed by atoms with Crippen LogP contribution in [0.15, 0.2) is 24.3 Å². The van der Waals surface area contributed by atoms with Crippen molar-refractivity contribution in [3.8, 4) is 0 Å². The number of carbonyl (C=O) groups is 4. The highest BCUT2D eigenvalue weighted by Crippen LogP contribution is 2.37. The standard InChI is InChI=1S/C23H32N4O5/c1-5-16-10-12-23(13-11-16)21(30)27(22(31)25-23)14-19(28)32-15(2)20(29)24-17-6-8-18(9-7-17)26(3)4/h6-9,15-16H,5,10-14H2,1-4H3,(H,24,29)(H,25,31). The summed E-state index contributed by atoms with van der Waals surface area (Å²) in [5.74, 6) is -1.13. The minimum atomic E-state index is -1.08. The van der Waals surface area contributed by atoms with Crippen molar-refractivity contribution in [3.63, 3.8) is 0 Å². The van der Waals surface area contributed by atoms with E-state index in [-0.39, 0.29) is 5.91 Å². The molecule has 1 spiro atoms. The maximum Gasteiger partial charge on any atom is 0.327 e. The summed E-state index contributed by atoms with van der Waals surface area (Å²) in [6.07, 6.45) is 2.86. The number of carbonyl (C=O) groups excluding carboxylic acids is 4. The van der Waals surface area contributed by atoms with Gasteiger partial charge in [0.2, 0.25) is 0 Å². The molecule has 1 heterocycles. The fourth-order valence-electron chi connectivity index (χ4n) is 4.24. The molecule has 1 aromatic carbocycles. The molecule has 0 aromatic heterocycles. The van der Waals surface area contributed by atoms with E-state index in [0.29, 0.717) is 24.4 Å². The normalized spacial score (nSPS) is 23.6. The van der Waals surface area contributed by atoms with E-state index in [1.54, 1.807) is 12.1 Å². The summed E-state index contributed by atoms with van der Waals surface area (Å²) in [4.78, 5) is 52.9. The number of benzene rings is 1. The third kappa shape index (κ3) is 5.03. The van der Waals surface area contributed by atoms with E-state index in [1.807, 2.05) is 31.1 Å². The Morgan fingerprint density at radius 3 is 2.41 bits per heavy atom. The maximum absolute atomic E-state index is 12.9. The van der Waals surface area contributed by atoms with Crippen LogP contribution in [0.25, 0.3) is 0 Å². The van der Waals surface area contributed by atoms with Crippen LogP contribution >= 0.6 is 0 Å². The molecule has 9 heteroatoms. The summed E-state index contributed by atoms with van der Waals surface area (Å²) in [6, 6.07) is 6.63. The van der Waals surface area contributed by atoms with E-state index in [0.717, 1.165) is 29.8 Å². The summed E-state index contributed by atoms with van der Waals surface area (Å²) in [5, 5.41) is 5.47. The molecule has 1 aliphatic heterocycles. The Labute approximate surface area is 188 Å². The van der Waals surface area contributed by atoms with Crippen molar-refractivity contribution in [2.24, 2.45) is 5.92 Å². The van der Waals surface area contributed by atoms with Crippen molar-refractivity contribution in [1.29, 1.82) is 0 Å². The molecular formula is C23H32N4O5. The van der Waals surface area contributed by atoms with Gasteiger partial charge in [0.05, 0.1) is 0 Å². The van der Waals surface area contributed by atoms with Crippen LogP contribution in [0.4, 0.5) is 16.2 Å². The molecule has 2 fully saturated rings. The van der Waals surface area contributed by atoms with Crippen LogP contribution in [0.1, 0.15) is 46.0 Å². The lowest BCUT2D eigenvalue weighted by Crippen LogP contribution is -2.49. The lowest BCUT2D eigenvalue weighted by atomic mass is 9.75. The number of esters is 1. The molecular weight excluding hydrogens is 412 g/mol. The summed E-state index contributed by atoms with van der Waals surface area (Å²) in [5.41, 5.74) is 0.643. The van der Waals surface area contributed by atoms with Crippen molar-refractivity contribution in [1.82, 2.24) is 10.2 Å². The summed E-state index contributed by atoms with van der Waals surface area (Å²) in [6.45, 7) is 3.05. The van der Waals surface area contributed by atoms with Gasteiger partial charge in [-0.2, -0.15) is 0 Å². The number of nitrogens with one attached hydrogen (secondary N) is 2. The zero-order valence-electron chi connectivity index (χ0n) is 19.1. The van der Waals surface area contributed by atoms with Crippen LogP contribution in [0.3, 0.4) is 0 Å². The van der Waals surface area contributed by atoms with E-state index in [4.69, 9.17) is 4.74 Å². The first-order valence-corrected chi connectivity index (χ1v) is 11.1. The van der Waals surface area contributed by atoms with Crippen LogP contribution in [0, 0.1) is 5.92 Å². The van der Waals surface area contributed by atoms with Crippen molar-refractivity contribution in [3.05, 3.63) is 24.3 Å². The molecule has 0 radical (unpaired) electrons. The largest absolute Gasteiger partial charge is 0.451 e. The fraction of sp³-hybridized carbons (Fsp3) is 0.565. The Bertz CT molecular complexity index is 875. The second-order valence-corrected chi connectivity index (χ2v) is 8.82. The molecule has 9 nitrogen and oxygen atoms in total. The monoisotopic (exact) mass is 444 g/mol. The fourth-order valence-corrected chi connectivity index (χ4v) is 4.24. The quantitative estimate of drug-likeness (QED) is 0.494. The highest BCUT2D eigenvalue weighted by Gasteiger charge is 2.52. The van der Waals surface area contributed by atoms with Gasteiger partial charge in [-0.15, -0.1) is 0 Å². The smallest absolute Gasteiger partial charge is 0.327 e. The van der Waals surface area contributed by atoms with Crippen molar-refractivity contribution in [2.75, 3.05) is 30.9 Å². The lowest BCUT2D eigenvalue weighted by Gasteiger charge is -2.34. The molecule has 32 heavy (non-hydrogen) atoms. The molecule has 1 saturated carbocycles. The van der Waals surface area contributed by atoms with E-state index in [1.165, 1.54) is 6.92 Å². The average Bonchev–Trinajstić information content (AvgIpc) is 2.98. The zero-order valence-corrected chi connectivity index (χ0v) is 19.1. The van der Waals surface area contributed by atoms with Crippen LogP contribution in [-0.2, 0) is 19.1 Å². The highest BCUT2D eigenvalue weighted by atomic mass is 16.5. The lowest BCUT2D eigenvalue weighted by molar-refractivity contribution is -0.155. The van der Waals surface area contributed by atoms with E-state index in [9.17, 15) is 19.2 Å². The van der Waals surface area contributed by atoms with Gasteiger partial charge in [-0.05, 0) is 62.8 Å². The zero-order chi connectivity index (χ0) is 23.5. The minimum absolute atomic E-state index is 0.382. The van der Waals surface area contributed by atoms with Crippen LogP contribution in [-0.4, -0.2) is 61.0 Å². The second kappa shape index (κ2) is 9.58. The summed E-state index contributed by atoms with van der Waals surface area (Å²) >= 11 is 0. The Kier molecular flexibility index (Phi) is 7.06. The Hall–Kier alpha value is -3.10. The molecule has 1 saturated heterocycles. The average molecular weight is 445 g/mol. The molecule has 2 N–H and O–H groups in total. The number of anilines is 2. The molecule has 0 bridgehead atoms. The molecule has 1 aliphatic carbocycles. The predicted octanol–water partition coefficient (Wildman–Crippen LogP) is 2.51. The SMILES string of the molecule is CCC1CCC2(CC1)NC(=O)N(CC(=O)OC(C)C(=O)Nc1ccc(N(C)C)cc1)C2=O. The van der Waals surface area contributed by atoms with Gasteiger partial charge < -0.3 is 20.3 Å². The molecule has 3 rings (SSSR count). The molecule has 1 aromatic rings. The van der Waals surface area contributed by atoms with E-state index < -0.39 is 36.1 Å². The molecule has 1 atom stereocenters. The Balaban J connectivity index is 1.52. The maximum atomic E-state index is 12.9. The number of hydrogen-bond donors (Lipinski definition) is 2. The molecule has 4 amide bonds. The summed E-state index contributed by atoms with van der Waals surface area (Å²) in [7, 11) is 3.83. The number of rotatable bonds is 7. The topological polar surface area (TPSA) is 108 Å². The molecule has 1 unspecified atom stereocenters. The van der Waals surface area contributed by atoms with Gasteiger partial charge in [0.1, 0.15) is 12.1 Å². The number of amides is 4. The third-order valence-corrected chi connectivity index (χ3v) is 6.40. The van der Waals surface area contributed by atoms with Gasteiger partial charge in [-0.1, -0.05) is 13.3 Å². The molecule has 2 aliphatic rings. The number of hydrogen-bond acceptors (Lipinski definition) is 6. The number of ether oxygens (including phenoxy) is 1. The summed E-state index contributed by atoms with van der Waals surface area (Å²) < 4.78 is 5.18. The van der Waals surface area contributed by atoms with Gasteiger partial charge in [0.25, 0.3) is 11.8 Å². The van der Waals surface area contributed by atoms with Gasteiger partial charge in [-0.3, -0.25) is 19.3 Å². The Morgan fingerprint density at radius 2 is 1.84 bits per heavy atom. The number of imide groups is 1. The first-order chi connectivity index (χ1) is 15.1. The van der Waals surface area contributed by atoms with Crippen molar-refractivity contribution >= 4 is 35.2 Å². The minimum Gasteiger partial charge on any atom is -0.451 e. The van der Waals surface area contributed by atoms with Gasteiger partial charge in [-0.25, -0.2) is 4.79 Å². The van der Waals surface area contributed by atoms with Gasteiger partial charge >= 0.3 is 12.0 Å².